The molecule has 0 saturated carbocycles. The Morgan fingerprint density at radius 1 is 1.21 bits per heavy atom. The lowest BCUT2D eigenvalue weighted by atomic mass is 10.0. The van der Waals surface area contributed by atoms with Crippen molar-refractivity contribution in [3.63, 3.8) is 0 Å². The molecule has 0 aromatic rings. The molecule has 0 radical (unpaired) electrons. The molecule has 1 aliphatic heterocycles. The van der Waals surface area contributed by atoms with Crippen LogP contribution in [0.1, 0.15) is 13.8 Å². The maximum absolute atomic E-state index is 11.5. The van der Waals surface area contributed by atoms with Gasteiger partial charge in [0.05, 0.1) is 11.8 Å². The number of hydrogen-bond donors (Lipinski definition) is 3. The zero-order valence-corrected chi connectivity index (χ0v) is 17.8. The van der Waals surface area contributed by atoms with Crippen LogP contribution >= 0.6 is 24.0 Å². The van der Waals surface area contributed by atoms with Crippen LogP contribution in [0.5, 0.6) is 0 Å². The number of carbonyl (C=O) groups excluding carboxylic acids is 1. The van der Waals surface area contributed by atoms with Crippen LogP contribution in [0.25, 0.3) is 0 Å². The summed E-state index contributed by atoms with van der Waals surface area (Å²) in [4.78, 5) is 19.9. The number of sulfonamides is 1. The van der Waals surface area contributed by atoms with Crippen molar-refractivity contribution in [3.8, 4) is 0 Å². The summed E-state index contributed by atoms with van der Waals surface area (Å²) in [5, 5.41) is 3.13. The average molecular weight is 476 g/mol. The van der Waals surface area contributed by atoms with Gasteiger partial charge in [-0.25, -0.2) is 13.1 Å². The van der Waals surface area contributed by atoms with Crippen LogP contribution in [-0.2, 0) is 14.8 Å². The number of aliphatic imine (C=N–C) groups is 1. The zero-order valence-electron chi connectivity index (χ0n) is 14.7. The minimum Gasteiger partial charge on any atom is -0.368 e. The van der Waals surface area contributed by atoms with E-state index < -0.39 is 15.6 Å². The third-order valence-electron chi connectivity index (χ3n) is 3.96. The first-order valence-electron chi connectivity index (χ1n) is 7.53. The summed E-state index contributed by atoms with van der Waals surface area (Å²) < 4.78 is 24.4. The summed E-state index contributed by atoms with van der Waals surface area (Å²) in [6, 6.07) is 0. The number of amides is 1. The number of carbonyl (C=O) groups is 1. The van der Waals surface area contributed by atoms with E-state index >= 15 is 0 Å². The Bertz CT molecular complexity index is 544. The second kappa shape index (κ2) is 9.73. The Morgan fingerprint density at radius 2 is 1.75 bits per heavy atom. The van der Waals surface area contributed by atoms with E-state index in [1.807, 2.05) is 13.8 Å². The highest BCUT2D eigenvalue weighted by Crippen LogP contribution is 2.16. The molecule has 9 nitrogen and oxygen atoms in total. The molecule has 1 aliphatic rings. The minimum atomic E-state index is -3.18. The van der Waals surface area contributed by atoms with Crippen molar-refractivity contribution in [1.82, 2.24) is 19.8 Å². The number of nitrogens with one attached hydrogen (secondary N) is 2. The van der Waals surface area contributed by atoms with Gasteiger partial charge in [-0.3, -0.25) is 14.7 Å². The molecule has 0 unspecified atom stereocenters. The molecule has 142 valence electrons. The minimum absolute atomic E-state index is 0. The van der Waals surface area contributed by atoms with Crippen LogP contribution < -0.4 is 15.8 Å². The van der Waals surface area contributed by atoms with Gasteiger partial charge in [0.15, 0.2) is 5.96 Å². The SMILES string of the molecule is CN=C(NCCNS(C)(=O)=O)N1CCN(C(C)(C)C(N)=O)CC1.I. The molecule has 0 aromatic carbocycles. The molecular formula is C13H29IN6O3S. The van der Waals surface area contributed by atoms with Gasteiger partial charge < -0.3 is 16.0 Å². The number of hydrogen-bond acceptors (Lipinski definition) is 5. The number of nitrogens with two attached hydrogens (primary N) is 1. The Kier molecular flexibility index (Phi) is 9.46. The van der Waals surface area contributed by atoms with Crippen molar-refractivity contribution in [3.05, 3.63) is 0 Å². The van der Waals surface area contributed by atoms with Gasteiger partial charge in [-0.2, -0.15) is 0 Å². The van der Waals surface area contributed by atoms with Crippen molar-refractivity contribution < 1.29 is 13.2 Å². The fourth-order valence-corrected chi connectivity index (χ4v) is 2.85. The molecular weight excluding hydrogens is 447 g/mol. The van der Waals surface area contributed by atoms with E-state index in [0.717, 1.165) is 25.3 Å². The highest BCUT2D eigenvalue weighted by atomic mass is 127. The molecule has 0 bridgehead atoms. The topological polar surface area (TPSA) is 120 Å². The number of primary amides is 1. The van der Waals surface area contributed by atoms with Crippen molar-refractivity contribution in [2.45, 2.75) is 19.4 Å². The van der Waals surface area contributed by atoms with Gasteiger partial charge in [0.1, 0.15) is 0 Å². The second-order valence-electron chi connectivity index (χ2n) is 6.04. The predicted octanol–water partition coefficient (Wildman–Crippen LogP) is -1.39. The van der Waals surface area contributed by atoms with Gasteiger partial charge in [-0.15, -0.1) is 24.0 Å². The molecule has 1 rings (SSSR count). The van der Waals surface area contributed by atoms with E-state index in [9.17, 15) is 13.2 Å². The van der Waals surface area contributed by atoms with Crippen LogP contribution in [-0.4, -0.2) is 88.2 Å². The molecule has 0 spiro atoms. The van der Waals surface area contributed by atoms with Gasteiger partial charge >= 0.3 is 0 Å². The highest BCUT2D eigenvalue weighted by molar-refractivity contribution is 14.0. The van der Waals surface area contributed by atoms with Crippen molar-refractivity contribution in [1.29, 1.82) is 0 Å². The lowest BCUT2D eigenvalue weighted by molar-refractivity contribution is -0.129. The monoisotopic (exact) mass is 476 g/mol. The number of guanidine groups is 1. The quantitative estimate of drug-likeness (QED) is 0.188. The summed E-state index contributed by atoms with van der Waals surface area (Å²) in [5.74, 6) is 0.386. The number of nitrogens with zero attached hydrogens (tertiary/aromatic N) is 3. The standard InChI is InChI=1S/C13H28N6O3S.HI/c1-13(2,11(14)20)19-9-7-18(8-10-19)12(15-3)16-5-6-17-23(4,21)22;/h17H,5-10H2,1-4H3,(H2,14,20)(H,15,16);1H. The van der Waals surface area contributed by atoms with Crippen LogP contribution in [0, 0.1) is 0 Å². The van der Waals surface area contributed by atoms with Gasteiger partial charge in [0.2, 0.25) is 15.9 Å². The summed E-state index contributed by atoms with van der Waals surface area (Å²) in [5.41, 5.74) is 4.79. The molecule has 1 heterocycles. The molecule has 0 aromatic heterocycles. The summed E-state index contributed by atoms with van der Waals surface area (Å²) in [6.45, 7) is 7.26. The lowest BCUT2D eigenvalue weighted by Crippen LogP contribution is -2.61. The first kappa shape index (κ1) is 23.3. The van der Waals surface area contributed by atoms with Crippen LogP contribution in [0.4, 0.5) is 0 Å². The first-order chi connectivity index (χ1) is 10.6. The van der Waals surface area contributed by atoms with E-state index in [2.05, 4.69) is 24.8 Å². The van der Waals surface area contributed by atoms with E-state index in [-0.39, 0.29) is 29.9 Å². The fraction of sp³-hybridized carbons (Fsp3) is 0.846. The maximum Gasteiger partial charge on any atom is 0.237 e. The molecule has 24 heavy (non-hydrogen) atoms. The normalized spacial score (nSPS) is 17.3. The lowest BCUT2D eigenvalue weighted by Gasteiger charge is -2.43. The number of halogens is 1. The summed E-state index contributed by atoms with van der Waals surface area (Å²) in [6.07, 6.45) is 1.13. The second-order valence-corrected chi connectivity index (χ2v) is 7.87. The molecule has 1 saturated heterocycles. The van der Waals surface area contributed by atoms with Crippen LogP contribution in [0.2, 0.25) is 0 Å². The Labute approximate surface area is 161 Å². The third kappa shape index (κ3) is 7.07. The van der Waals surface area contributed by atoms with E-state index in [0.29, 0.717) is 26.2 Å². The molecule has 11 heteroatoms. The summed E-state index contributed by atoms with van der Waals surface area (Å²) >= 11 is 0. The van der Waals surface area contributed by atoms with Gasteiger partial charge in [0, 0.05) is 46.3 Å². The van der Waals surface area contributed by atoms with Crippen LogP contribution in [0.3, 0.4) is 0 Å². The average Bonchev–Trinajstić information content (AvgIpc) is 2.46. The number of piperazine rings is 1. The molecule has 0 aliphatic carbocycles. The Morgan fingerprint density at radius 3 is 2.17 bits per heavy atom. The fourth-order valence-electron chi connectivity index (χ4n) is 2.38. The molecule has 4 N–H and O–H groups in total. The Hall–Kier alpha value is -0.660. The number of rotatable bonds is 6. The van der Waals surface area contributed by atoms with E-state index in [4.69, 9.17) is 5.73 Å². The maximum atomic E-state index is 11.5. The van der Waals surface area contributed by atoms with Crippen molar-refractivity contribution >= 4 is 45.9 Å². The highest BCUT2D eigenvalue weighted by Gasteiger charge is 2.35. The van der Waals surface area contributed by atoms with Crippen molar-refractivity contribution in [2.24, 2.45) is 10.7 Å². The first-order valence-corrected chi connectivity index (χ1v) is 9.42. The predicted molar refractivity (Wildman–Crippen MR) is 106 cm³/mol. The largest absolute Gasteiger partial charge is 0.368 e. The molecule has 0 atom stereocenters. The van der Waals surface area contributed by atoms with E-state index in [1.165, 1.54) is 0 Å². The molecule has 1 amide bonds. The smallest absolute Gasteiger partial charge is 0.237 e. The Balaban J connectivity index is 0.00000529. The van der Waals surface area contributed by atoms with Crippen LogP contribution in [0.15, 0.2) is 4.99 Å². The molecule has 1 fully saturated rings. The van der Waals surface area contributed by atoms with Gasteiger partial charge in [-0.1, -0.05) is 0 Å². The van der Waals surface area contributed by atoms with Gasteiger partial charge in [-0.05, 0) is 13.8 Å². The van der Waals surface area contributed by atoms with Crippen molar-refractivity contribution in [2.75, 3.05) is 52.6 Å². The zero-order chi connectivity index (χ0) is 17.7. The summed E-state index contributed by atoms with van der Waals surface area (Å²) in [7, 11) is -1.49. The third-order valence-corrected chi connectivity index (χ3v) is 4.69. The van der Waals surface area contributed by atoms with E-state index in [1.54, 1.807) is 7.05 Å². The van der Waals surface area contributed by atoms with Gasteiger partial charge in [0.25, 0.3) is 0 Å².